The molecule has 0 fully saturated rings. The van der Waals surface area contributed by atoms with Crippen LogP contribution < -0.4 is 5.32 Å². The van der Waals surface area contributed by atoms with E-state index in [1.54, 1.807) is 22.7 Å². The zero-order valence-corrected chi connectivity index (χ0v) is 13.3. The van der Waals surface area contributed by atoms with Crippen LogP contribution in [0.4, 0.5) is 0 Å². The Morgan fingerprint density at radius 3 is 3.15 bits per heavy atom. The van der Waals surface area contributed by atoms with E-state index >= 15 is 0 Å². The summed E-state index contributed by atoms with van der Waals surface area (Å²) < 4.78 is 0. The van der Waals surface area contributed by atoms with E-state index in [4.69, 9.17) is 0 Å². The molecule has 20 heavy (non-hydrogen) atoms. The Morgan fingerprint density at radius 1 is 1.45 bits per heavy atom. The van der Waals surface area contributed by atoms with Crippen molar-refractivity contribution in [1.82, 2.24) is 5.32 Å². The first kappa shape index (κ1) is 13.8. The van der Waals surface area contributed by atoms with Gasteiger partial charge < -0.3 is 5.32 Å². The van der Waals surface area contributed by atoms with Crippen molar-refractivity contribution >= 4 is 28.6 Å². The SMILES string of the molecule is CC1CCc2c(C(=O)NCCc3cccs3)csc2C1. The predicted molar refractivity (Wildman–Crippen MR) is 85.9 cm³/mol. The molecule has 1 aliphatic carbocycles. The summed E-state index contributed by atoms with van der Waals surface area (Å²) in [4.78, 5) is 15.0. The molecule has 1 N–H and O–H groups in total. The second kappa shape index (κ2) is 6.10. The van der Waals surface area contributed by atoms with Gasteiger partial charge in [-0.05, 0) is 48.6 Å². The molecule has 0 aliphatic heterocycles. The van der Waals surface area contributed by atoms with Crippen LogP contribution in [0.2, 0.25) is 0 Å². The number of amides is 1. The number of hydrogen-bond acceptors (Lipinski definition) is 3. The molecule has 4 heteroatoms. The van der Waals surface area contributed by atoms with Crippen molar-refractivity contribution in [3.8, 4) is 0 Å². The number of nitrogens with one attached hydrogen (secondary N) is 1. The Hall–Kier alpha value is -1.13. The third-order valence-corrected chi connectivity index (χ3v) is 5.87. The maximum absolute atomic E-state index is 12.3. The predicted octanol–water partition coefficient (Wildman–Crippen LogP) is 3.91. The number of carbonyl (C=O) groups excluding carboxylic acids is 1. The highest BCUT2D eigenvalue weighted by atomic mass is 32.1. The third kappa shape index (κ3) is 2.96. The summed E-state index contributed by atoms with van der Waals surface area (Å²) in [5, 5.41) is 7.18. The molecule has 3 rings (SSSR count). The molecule has 0 saturated carbocycles. The van der Waals surface area contributed by atoms with Crippen LogP contribution in [-0.4, -0.2) is 12.5 Å². The minimum Gasteiger partial charge on any atom is -0.352 e. The van der Waals surface area contributed by atoms with E-state index < -0.39 is 0 Å². The highest BCUT2D eigenvalue weighted by Gasteiger charge is 2.22. The first-order chi connectivity index (χ1) is 9.74. The number of rotatable bonds is 4. The Kier molecular flexibility index (Phi) is 4.22. The maximum atomic E-state index is 12.3. The van der Waals surface area contributed by atoms with Crippen molar-refractivity contribution in [3.63, 3.8) is 0 Å². The van der Waals surface area contributed by atoms with Gasteiger partial charge >= 0.3 is 0 Å². The third-order valence-electron chi connectivity index (χ3n) is 3.88. The number of thiophene rings is 2. The highest BCUT2D eigenvalue weighted by Crippen LogP contribution is 2.32. The lowest BCUT2D eigenvalue weighted by Crippen LogP contribution is -2.26. The lowest BCUT2D eigenvalue weighted by molar-refractivity contribution is 0.0953. The van der Waals surface area contributed by atoms with Crippen molar-refractivity contribution in [3.05, 3.63) is 43.8 Å². The number of hydrogen-bond donors (Lipinski definition) is 1. The van der Waals surface area contributed by atoms with E-state index in [0.29, 0.717) is 0 Å². The molecule has 0 radical (unpaired) electrons. The van der Waals surface area contributed by atoms with Gasteiger partial charge in [-0.3, -0.25) is 4.79 Å². The van der Waals surface area contributed by atoms with Gasteiger partial charge in [0.05, 0.1) is 5.56 Å². The lowest BCUT2D eigenvalue weighted by Gasteiger charge is -2.18. The van der Waals surface area contributed by atoms with Crippen molar-refractivity contribution in [2.45, 2.75) is 32.6 Å². The normalized spacial score (nSPS) is 17.8. The summed E-state index contributed by atoms with van der Waals surface area (Å²) >= 11 is 3.50. The summed E-state index contributed by atoms with van der Waals surface area (Å²) in [5.74, 6) is 0.865. The molecule has 2 heterocycles. The van der Waals surface area contributed by atoms with Crippen LogP contribution in [0.15, 0.2) is 22.9 Å². The first-order valence-corrected chi connectivity index (χ1v) is 8.90. The summed E-state index contributed by atoms with van der Waals surface area (Å²) in [6.07, 6.45) is 4.34. The average Bonchev–Trinajstić information content (AvgIpc) is 3.07. The molecule has 2 nitrogen and oxygen atoms in total. The Bertz CT molecular complexity index is 586. The van der Waals surface area contributed by atoms with E-state index in [1.165, 1.54) is 21.7 Å². The van der Waals surface area contributed by atoms with Gasteiger partial charge in [-0.25, -0.2) is 0 Å². The van der Waals surface area contributed by atoms with Gasteiger partial charge in [0.2, 0.25) is 0 Å². The van der Waals surface area contributed by atoms with E-state index in [-0.39, 0.29) is 5.91 Å². The number of carbonyl (C=O) groups is 1. The van der Waals surface area contributed by atoms with Crippen molar-refractivity contribution in [2.24, 2.45) is 5.92 Å². The van der Waals surface area contributed by atoms with Gasteiger partial charge in [-0.1, -0.05) is 13.0 Å². The van der Waals surface area contributed by atoms with E-state index in [1.807, 2.05) is 5.38 Å². The van der Waals surface area contributed by atoms with E-state index in [9.17, 15) is 4.79 Å². The fourth-order valence-corrected chi connectivity index (χ4v) is 4.67. The quantitative estimate of drug-likeness (QED) is 0.912. The van der Waals surface area contributed by atoms with Crippen LogP contribution in [0.3, 0.4) is 0 Å². The van der Waals surface area contributed by atoms with E-state index in [0.717, 1.165) is 37.3 Å². The highest BCUT2D eigenvalue weighted by molar-refractivity contribution is 7.10. The molecule has 1 atom stereocenters. The molecule has 0 bridgehead atoms. The monoisotopic (exact) mass is 305 g/mol. The summed E-state index contributed by atoms with van der Waals surface area (Å²) in [5.41, 5.74) is 2.23. The molecule has 2 aromatic heterocycles. The standard InChI is InChI=1S/C16H19NOS2/c1-11-4-5-13-14(10-20-15(13)9-11)16(18)17-7-6-12-3-2-8-19-12/h2-3,8,10-11H,4-7,9H2,1H3,(H,17,18). The van der Waals surface area contributed by atoms with Crippen molar-refractivity contribution < 1.29 is 4.79 Å². The minimum atomic E-state index is 0.105. The van der Waals surface area contributed by atoms with Gasteiger partial charge in [0.1, 0.15) is 0 Å². The van der Waals surface area contributed by atoms with Crippen molar-refractivity contribution in [2.75, 3.05) is 6.54 Å². The molecule has 1 aliphatic rings. The summed E-state index contributed by atoms with van der Waals surface area (Å²) in [6, 6.07) is 4.17. The second-order valence-corrected chi connectivity index (χ2v) is 7.48. The lowest BCUT2D eigenvalue weighted by atomic mass is 9.88. The molecule has 0 saturated heterocycles. The van der Waals surface area contributed by atoms with Gasteiger partial charge in [0.25, 0.3) is 5.91 Å². The summed E-state index contributed by atoms with van der Waals surface area (Å²) in [6.45, 7) is 3.02. The first-order valence-electron chi connectivity index (χ1n) is 7.14. The molecule has 2 aromatic rings. The van der Waals surface area contributed by atoms with Crippen molar-refractivity contribution in [1.29, 1.82) is 0 Å². The fourth-order valence-electron chi connectivity index (χ4n) is 2.72. The van der Waals surface area contributed by atoms with Crippen LogP contribution in [-0.2, 0) is 19.3 Å². The second-order valence-electron chi connectivity index (χ2n) is 5.48. The van der Waals surface area contributed by atoms with E-state index in [2.05, 4.69) is 29.8 Å². The van der Waals surface area contributed by atoms with Crippen LogP contribution in [0.25, 0.3) is 0 Å². The van der Waals surface area contributed by atoms with Crippen LogP contribution >= 0.6 is 22.7 Å². The fraction of sp³-hybridized carbons (Fsp3) is 0.438. The van der Waals surface area contributed by atoms with Crippen LogP contribution in [0.5, 0.6) is 0 Å². The molecule has 0 aromatic carbocycles. The van der Waals surface area contributed by atoms with Crippen LogP contribution in [0, 0.1) is 5.92 Å². The number of fused-ring (bicyclic) bond motifs is 1. The largest absolute Gasteiger partial charge is 0.352 e. The molecular weight excluding hydrogens is 286 g/mol. The smallest absolute Gasteiger partial charge is 0.252 e. The average molecular weight is 305 g/mol. The Balaban J connectivity index is 1.60. The Labute approximate surface area is 127 Å². The van der Waals surface area contributed by atoms with Crippen LogP contribution in [0.1, 0.15) is 39.0 Å². The maximum Gasteiger partial charge on any atom is 0.252 e. The zero-order valence-electron chi connectivity index (χ0n) is 11.6. The van der Waals surface area contributed by atoms with Gasteiger partial charge in [0.15, 0.2) is 0 Å². The minimum absolute atomic E-state index is 0.105. The van der Waals surface area contributed by atoms with Gasteiger partial charge in [0, 0.05) is 21.7 Å². The zero-order chi connectivity index (χ0) is 13.9. The molecular formula is C16H19NOS2. The molecule has 0 spiro atoms. The topological polar surface area (TPSA) is 29.1 Å². The summed E-state index contributed by atoms with van der Waals surface area (Å²) in [7, 11) is 0. The Morgan fingerprint density at radius 2 is 2.35 bits per heavy atom. The molecule has 1 unspecified atom stereocenters. The van der Waals surface area contributed by atoms with Gasteiger partial charge in [-0.2, -0.15) is 0 Å². The van der Waals surface area contributed by atoms with Gasteiger partial charge in [-0.15, -0.1) is 22.7 Å². The molecule has 106 valence electrons. The molecule has 1 amide bonds.